The molecule has 5 rings (SSSR count). The first-order chi connectivity index (χ1) is 27.1. The number of hydroxylamine groups is 2. The Morgan fingerprint density at radius 2 is 1.32 bits per heavy atom. The molecule has 1 radical (unpaired) electrons. The molecule has 2 aromatic rings. The number of amides is 1. The molecule has 311 valence electrons. The maximum Gasteiger partial charge on any atom is 0.220 e. The average molecular weight is 776 g/mol. The molecule has 0 aliphatic carbocycles. The minimum atomic E-state index is -0.815. The lowest BCUT2D eigenvalue weighted by Gasteiger charge is -2.49. The summed E-state index contributed by atoms with van der Waals surface area (Å²) in [7, 11) is 0. The summed E-state index contributed by atoms with van der Waals surface area (Å²) in [6.07, 6.45) is 18.4. The maximum absolute atomic E-state index is 13.7. The molecule has 3 aliphatic rings. The Kier molecular flexibility index (Phi) is 17.9. The van der Waals surface area contributed by atoms with Crippen LogP contribution in [0.15, 0.2) is 72.3 Å². The van der Waals surface area contributed by atoms with Gasteiger partial charge in [0, 0.05) is 12.0 Å². The molecule has 6 atom stereocenters. The van der Waals surface area contributed by atoms with Gasteiger partial charge in [0.05, 0.1) is 30.9 Å². The van der Waals surface area contributed by atoms with Crippen LogP contribution in [0.5, 0.6) is 0 Å². The summed E-state index contributed by atoms with van der Waals surface area (Å²) in [5, 5.41) is 17.7. The van der Waals surface area contributed by atoms with Gasteiger partial charge in [0.2, 0.25) is 5.91 Å². The number of nitrogens with zero attached hydrogens (tertiary/aromatic N) is 1. The van der Waals surface area contributed by atoms with Gasteiger partial charge in [0.1, 0.15) is 24.4 Å². The smallest absolute Gasteiger partial charge is 0.220 e. The fourth-order valence-corrected chi connectivity index (χ4v) is 8.43. The zero-order valence-electron chi connectivity index (χ0n) is 35.1. The molecule has 3 aliphatic heterocycles. The van der Waals surface area contributed by atoms with E-state index >= 15 is 0 Å². The molecule has 56 heavy (non-hydrogen) atoms. The molecule has 0 aromatic heterocycles. The average Bonchev–Trinajstić information content (AvgIpc) is 3.36. The van der Waals surface area contributed by atoms with Crippen molar-refractivity contribution in [2.24, 2.45) is 0 Å². The molecule has 2 fully saturated rings. The summed E-state index contributed by atoms with van der Waals surface area (Å²) in [6, 6.07) is 19.1. The third kappa shape index (κ3) is 12.9. The van der Waals surface area contributed by atoms with E-state index in [2.05, 4.69) is 12.2 Å². The van der Waals surface area contributed by atoms with Crippen LogP contribution in [0.4, 0.5) is 0 Å². The van der Waals surface area contributed by atoms with Crippen molar-refractivity contribution >= 4 is 5.91 Å². The highest BCUT2D eigenvalue weighted by molar-refractivity contribution is 5.76. The lowest BCUT2D eigenvalue weighted by molar-refractivity contribution is -0.349. The monoisotopic (exact) mass is 776 g/mol. The molecule has 1 N–H and O–H groups in total. The van der Waals surface area contributed by atoms with Gasteiger partial charge in [-0.15, -0.1) is 10.3 Å². The lowest BCUT2D eigenvalue weighted by Crippen LogP contribution is -2.67. The van der Waals surface area contributed by atoms with Gasteiger partial charge >= 0.3 is 0 Å². The number of unbranched alkanes of at least 4 members (excludes halogenated alkanes) is 14. The van der Waals surface area contributed by atoms with E-state index in [0.717, 1.165) is 41.0 Å². The minimum Gasteiger partial charge on any atom is -0.369 e. The third-order valence-corrected chi connectivity index (χ3v) is 11.8. The summed E-state index contributed by atoms with van der Waals surface area (Å²) < 4.78 is 32.8. The number of hydrogen-bond acceptors (Lipinski definition) is 7. The van der Waals surface area contributed by atoms with E-state index < -0.39 is 48.0 Å². The molecule has 2 saturated heterocycles. The standard InChI is InChI=1S/C47H71N2O7/c1-6-7-8-9-10-11-12-13-14-15-16-17-18-19-26-31-40(50)48-41-43(52-34-38-32-46(2,3)49(51)47(38,4)5)42-39(35-54-44(56-42)37-29-24-21-25-30-37)55-45(41)53-33-36-27-22-20-23-28-36/h20-25,27-30,32,39,41-45H,6-19,26,31,33-35H2,1-5H3,(H,48,50)/t39-,41-,42-,43-,44?,45+/m1/s1. The molecular formula is C47H71N2O7. The van der Waals surface area contributed by atoms with E-state index in [4.69, 9.17) is 23.7 Å². The molecular weight excluding hydrogens is 705 g/mol. The molecule has 3 heterocycles. The molecule has 1 amide bonds. The first kappa shape index (κ1) is 44.5. The molecule has 0 bridgehead atoms. The second kappa shape index (κ2) is 22.5. The second-order valence-electron chi connectivity index (χ2n) is 17.3. The van der Waals surface area contributed by atoms with Crippen molar-refractivity contribution in [2.45, 2.75) is 192 Å². The number of rotatable bonds is 24. The predicted octanol–water partition coefficient (Wildman–Crippen LogP) is 10.3. The van der Waals surface area contributed by atoms with Crippen molar-refractivity contribution in [3.05, 3.63) is 83.4 Å². The number of nitrogens with one attached hydrogen (secondary N) is 1. The van der Waals surface area contributed by atoms with Gasteiger partial charge in [-0.3, -0.25) is 4.79 Å². The number of fused-ring (bicyclic) bond motifs is 1. The molecule has 0 saturated carbocycles. The first-order valence-corrected chi connectivity index (χ1v) is 21.8. The van der Waals surface area contributed by atoms with Crippen LogP contribution in [0.2, 0.25) is 0 Å². The molecule has 1 unspecified atom stereocenters. The maximum atomic E-state index is 13.7. The quantitative estimate of drug-likeness (QED) is 0.0837. The van der Waals surface area contributed by atoms with Crippen LogP contribution < -0.4 is 5.32 Å². The molecule has 9 heteroatoms. The number of ether oxygens (including phenoxy) is 5. The summed E-state index contributed by atoms with van der Waals surface area (Å²) >= 11 is 0. The van der Waals surface area contributed by atoms with Crippen LogP contribution in [-0.2, 0) is 40.3 Å². The topological polar surface area (TPSA) is 98.4 Å². The van der Waals surface area contributed by atoms with E-state index in [1.54, 1.807) is 0 Å². The van der Waals surface area contributed by atoms with Gasteiger partial charge in [-0.05, 0) is 45.3 Å². The van der Waals surface area contributed by atoms with Gasteiger partial charge in [0.25, 0.3) is 0 Å². The van der Waals surface area contributed by atoms with Crippen molar-refractivity contribution in [1.82, 2.24) is 10.4 Å². The van der Waals surface area contributed by atoms with Crippen LogP contribution in [0, 0.1) is 0 Å². The summed E-state index contributed by atoms with van der Waals surface area (Å²) in [6.45, 7) is 10.7. The number of benzene rings is 2. The third-order valence-electron chi connectivity index (χ3n) is 11.8. The SMILES string of the molecule is CCCCCCCCCCCCCCCCCC(=O)N[C@H]1[C@@H](OCc2ccccc2)O[C@@H]2COC(c3ccccc3)O[C@H]2[C@@H]1OCC1=CC(C)(C)N([O])C1(C)C. The highest BCUT2D eigenvalue weighted by atomic mass is 16.7. The van der Waals surface area contributed by atoms with Crippen LogP contribution in [-0.4, -0.2) is 65.9 Å². The Balaban J connectivity index is 1.20. The molecule has 2 aromatic carbocycles. The Morgan fingerprint density at radius 3 is 1.89 bits per heavy atom. The van der Waals surface area contributed by atoms with Crippen molar-refractivity contribution in [1.29, 1.82) is 0 Å². The van der Waals surface area contributed by atoms with Gasteiger partial charge in [0.15, 0.2) is 12.6 Å². The fraction of sp³-hybridized carbons (Fsp3) is 0.681. The first-order valence-electron chi connectivity index (χ1n) is 21.8. The van der Waals surface area contributed by atoms with E-state index in [1.807, 2.05) is 94.4 Å². The van der Waals surface area contributed by atoms with Gasteiger partial charge in [-0.25, -0.2) is 0 Å². The van der Waals surface area contributed by atoms with Crippen LogP contribution >= 0.6 is 0 Å². The highest BCUT2D eigenvalue weighted by Crippen LogP contribution is 2.41. The van der Waals surface area contributed by atoms with Gasteiger partial charge in [-0.2, -0.15) is 0 Å². The van der Waals surface area contributed by atoms with E-state index in [0.29, 0.717) is 13.0 Å². The highest BCUT2D eigenvalue weighted by Gasteiger charge is 2.53. The Bertz CT molecular complexity index is 1450. The zero-order valence-corrected chi connectivity index (χ0v) is 35.1. The van der Waals surface area contributed by atoms with E-state index in [9.17, 15) is 10.0 Å². The van der Waals surface area contributed by atoms with Gasteiger partial charge in [-0.1, -0.05) is 164 Å². The summed E-state index contributed by atoms with van der Waals surface area (Å²) in [5.74, 6) is -0.0624. The predicted molar refractivity (Wildman–Crippen MR) is 220 cm³/mol. The zero-order chi connectivity index (χ0) is 39.8. The molecule has 0 spiro atoms. The minimum absolute atomic E-state index is 0.0624. The largest absolute Gasteiger partial charge is 0.369 e. The van der Waals surface area contributed by atoms with E-state index in [1.165, 1.54) is 77.0 Å². The van der Waals surface area contributed by atoms with Crippen molar-refractivity contribution < 1.29 is 33.7 Å². The lowest BCUT2D eigenvalue weighted by atomic mass is 9.94. The van der Waals surface area contributed by atoms with Crippen molar-refractivity contribution in [2.75, 3.05) is 13.2 Å². The Morgan fingerprint density at radius 1 is 0.750 bits per heavy atom. The van der Waals surface area contributed by atoms with Gasteiger partial charge < -0.3 is 29.0 Å². The van der Waals surface area contributed by atoms with Crippen molar-refractivity contribution in [3.8, 4) is 0 Å². The second-order valence-corrected chi connectivity index (χ2v) is 17.3. The Hall–Kier alpha value is -2.63. The van der Waals surface area contributed by atoms with E-state index in [-0.39, 0.29) is 19.1 Å². The Labute approximate surface area is 337 Å². The summed E-state index contributed by atoms with van der Waals surface area (Å²) in [5.41, 5.74) is 1.35. The number of carbonyl (C=O) groups is 1. The van der Waals surface area contributed by atoms with Crippen LogP contribution in [0.25, 0.3) is 0 Å². The number of carbonyl (C=O) groups excluding carboxylic acids is 1. The number of hydrogen-bond donors (Lipinski definition) is 1. The van der Waals surface area contributed by atoms with Crippen LogP contribution in [0.3, 0.4) is 0 Å². The fourth-order valence-electron chi connectivity index (χ4n) is 8.43. The van der Waals surface area contributed by atoms with Crippen LogP contribution in [0.1, 0.15) is 155 Å². The normalized spacial score (nSPS) is 25.8. The van der Waals surface area contributed by atoms with Crippen molar-refractivity contribution in [3.63, 3.8) is 0 Å². The molecule has 9 nitrogen and oxygen atoms in total. The summed E-state index contributed by atoms with van der Waals surface area (Å²) in [4.78, 5) is 13.7.